The van der Waals surface area contributed by atoms with Crippen LogP contribution in [0.3, 0.4) is 0 Å². The Morgan fingerprint density at radius 1 is 1.28 bits per heavy atom. The van der Waals surface area contributed by atoms with E-state index in [1.54, 1.807) is 11.3 Å². The summed E-state index contributed by atoms with van der Waals surface area (Å²) in [4.78, 5) is 0. The van der Waals surface area contributed by atoms with Crippen molar-refractivity contribution < 1.29 is 4.74 Å². The highest BCUT2D eigenvalue weighted by Gasteiger charge is 2.16. The van der Waals surface area contributed by atoms with Gasteiger partial charge in [-0.3, -0.25) is 0 Å². The van der Waals surface area contributed by atoms with Crippen LogP contribution in [0.5, 0.6) is 5.75 Å². The zero-order valence-corrected chi connectivity index (χ0v) is 12.1. The van der Waals surface area contributed by atoms with E-state index in [0.29, 0.717) is 5.92 Å². The molecule has 0 aliphatic carbocycles. The van der Waals surface area contributed by atoms with E-state index in [1.807, 2.05) is 7.05 Å². The molecule has 3 heteroatoms. The average molecular weight is 263 g/mol. The van der Waals surface area contributed by atoms with Crippen molar-refractivity contribution in [2.45, 2.75) is 26.4 Å². The molecule has 0 fully saturated rings. The first kappa shape index (κ1) is 13.4. The zero-order valence-electron chi connectivity index (χ0n) is 11.3. The van der Waals surface area contributed by atoms with Gasteiger partial charge in [-0.25, -0.2) is 0 Å². The molecule has 0 bridgehead atoms. The molecule has 0 aliphatic heterocycles. The van der Waals surface area contributed by atoms with Crippen molar-refractivity contribution in [1.82, 2.24) is 5.32 Å². The van der Waals surface area contributed by atoms with Crippen molar-refractivity contribution in [3.63, 3.8) is 0 Å². The molecular weight excluding hydrogens is 242 g/mol. The largest absolute Gasteiger partial charge is 0.489 e. The highest BCUT2D eigenvalue weighted by atomic mass is 32.1. The van der Waals surface area contributed by atoms with E-state index in [2.05, 4.69) is 48.8 Å². The first-order chi connectivity index (χ1) is 8.72. The maximum atomic E-state index is 6.22. The lowest BCUT2D eigenvalue weighted by Gasteiger charge is -2.23. The molecule has 2 rings (SSSR count). The third-order valence-electron chi connectivity index (χ3n) is 3.16. The predicted octanol–water partition coefficient (Wildman–Crippen LogP) is 3.91. The zero-order chi connectivity index (χ0) is 13.0. The minimum Gasteiger partial charge on any atom is -0.489 e. The molecular formula is C15H21NOS. The van der Waals surface area contributed by atoms with Gasteiger partial charge in [0.05, 0.1) is 0 Å². The summed E-state index contributed by atoms with van der Waals surface area (Å²) in [5.41, 5.74) is 0. The van der Waals surface area contributed by atoms with E-state index < -0.39 is 0 Å². The molecule has 1 unspecified atom stereocenters. The first-order valence-electron chi connectivity index (χ1n) is 6.50. The Morgan fingerprint density at radius 2 is 2.11 bits per heavy atom. The molecule has 0 amide bonds. The molecule has 0 saturated heterocycles. The van der Waals surface area contributed by atoms with Crippen molar-refractivity contribution in [3.8, 4) is 5.75 Å². The molecule has 1 heterocycles. The van der Waals surface area contributed by atoms with E-state index in [1.165, 1.54) is 10.1 Å². The molecule has 0 spiro atoms. The number of rotatable bonds is 6. The highest BCUT2D eigenvalue weighted by Crippen LogP contribution is 2.31. The van der Waals surface area contributed by atoms with Gasteiger partial charge < -0.3 is 10.1 Å². The minimum atomic E-state index is 0.267. The molecule has 2 aromatic rings. The summed E-state index contributed by atoms with van der Waals surface area (Å²) in [5.74, 6) is 1.54. The summed E-state index contributed by atoms with van der Waals surface area (Å²) in [6.07, 6.45) is 1.30. The van der Waals surface area contributed by atoms with Gasteiger partial charge in [0.1, 0.15) is 11.9 Å². The van der Waals surface area contributed by atoms with Crippen molar-refractivity contribution >= 4 is 21.4 Å². The van der Waals surface area contributed by atoms with Crippen LogP contribution in [0.4, 0.5) is 0 Å². The van der Waals surface area contributed by atoms with Crippen molar-refractivity contribution in [1.29, 1.82) is 0 Å². The van der Waals surface area contributed by atoms with Crippen LogP contribution in [0.15, 0.2) is 29.6 Å². The summed E-state index contributed by atoms with van der Waals surface area (Å²) in [6, 6.07) is 8.43. The third-order valence-corrected chi connectivity index (χ3v) is 4.04. The monoisotopic (exact) mass is 263 g/mol. The molecule has 98 valence electrons. The van der Waals surface area contributed by atoms with Gasteiger partial charge in [-0.1, -0.05) is 19.9 Å². The second kappa shape index (κ2) is 6.21. The second-order valence-corrected chi connectivity index (χ2v) is 5.83. The fraction of sp³-hybridized carbons (Fsp3) is 0.467. The quantitative estimate of drug-likeness (QED) is 0.853. The van der Waals surface area contributed by atoms with Crippen LogP contribution in [-0.2, 0) is 0 Å². The van der Waals surface area contributed by atoms with E-state index in [-0.39, 0.29) is 6.10 Å². The predicted molar refractivity (Wildman–Crippen MR) is 79.6 cm³/mol. The SMILES string of the molecule is CNCCC(Oc1cccc2sccc12)C(C)C. The standard InChI is InChI=1S/C15H21NOS/c1-11(2)13(7-9-16-3)17-14-5-4-6-15-12(14)8-10-18-15/h4-6,8,10-11,13,16H,7,9H2,1-3H3. The second-order valence-electron chi connectivity index (χ2n) is 4.88. The molecule has 18 heavy (non-hydrogen) atoms. The minimum absolute atomic E-state index is 0.267. The topological polar surface area (TPSA) is 21.3 Å². The van der Waals surface area contributed by atoms with Gasteiger partial charge >= 0.3 is 0 Å². The summed E-state index contributed by atoms with van der Waals surface area (Å²) < 4.78 is 7.51. The molecule has 0 aliphatic rings. The average Bonchev–Trinajstić information content (AvgIpc) is 2.83. The number of hydrogen-bond acceptors (Lipinski definition) is 3. The van der Waals surface area contributed by atoms with Crippen LogP contribution in [0.25, 0.3) is 10.1 Å². The van der Waals surface area contributed by atoms with Gasteiger partial charge in [0, 0.05) is 10.1 Å². The van der Waals surface area contributed by atoms with Gasteiger partial charge in [0.15, 0.2) is 0 Å². The van der Waals surface area contributed by atoms with Gasteiger partial charge in [0.2, 0.25) is 0 Å². The fourth-order valence-corrected chi connectivity index (χ4v) is 2.85. The van der Waals surface area contributed by atoms with Crippen LogP contribution >= 0.6 is 11.3 Å². The van der Waals surface area contributed by atoms with Crippen LogP contribution in [0.2, 0.25) is 0 Å². The Kier molecular flexibility index (Phi) is 4.61. The Balaban J connectivity index is 2.17. The summed E-state index contributed by atoms with van der Waals surface area (Å²) in [7, 11) is 1.98. The maximum absolute atomic E-state index is 6.22. The van der Waals surface area contributed by atoms with Gasteiger partial charge in [-0.2, -0.15) is 0 Å². The van der Waals surface area contributed by atoms with E-state index in [0.717, 1.165) is 18.7 Å². The van der Waals surface area contributed by atoms with Crippen molar-refractivity contribution in [2.75, 3.05) is 13.6 Å². The Bertz CT molecular complexity index is 492. The van der Waals surface area contributed by atoms with E-state index in [9.17, 15) is 0 Å². The van der Waals surface area contributed by atoms with Gasteiger partial charge in [0.25, 0.3) is 0 Å². The molecule has 2 nitrogen and oxygen atoms in total. The number of fused-ring (bicyclic) bond motifs is 1. The summed E-state index contributed by atoms with van der Waals surface area (Å²) in [5, 5.41) is 6.55. The Labute approximate surface area is 113 Å². The number of nitrogens with one attached hydrogen (secondary N) is 1. The Hall–Kier alpha value is -1.06. The lowest BCUT2D eigenvalue weighted by atomic mass is 10.0. The molecule has 0 saturated carbocycles. The normalized spacial score (nSPS) is 13.1. The lowest BCUT2D eigenvalue weighted by molar-refractivity contribution is 0.144. The smallest absolute Gasteiger partial charge is 0.128 e. The Morgan fingerprint density at radius 3 is 2.83 bits per heavy atom. The number of benzene rings is 1. The third kappa shape index (κ3) is 3.03. The molecule has 1 aromatic carbocycles. The molecule has 1 N–H and O–H groups in total. The molecule has 1 atom stereocenters. The maximum Gasteiger partial charge on any atom is 0.128 e. The molecule has 1 aromatic heterocycles. The van der Waals surface area contributed by atoms with Crippen LogP contribution in [-0.4, -0.2) is 19.7 Å². The molecule has 0 radical (unpaired) electrons. The number of hydrogen-bond donors (Lipinski definition) is 1. The highest BCUT2D eigenvalue weighted by molar-refractivity contribution is 7.17. The number of thiophene rings is 1. The fourth-order valence-electron chi connectivity index (χ4n) is 2.05. The summed E-state index contributed by atoms with van der Waals surface area (Å²) >= 11 is 1.76. The van der Waals surface area contributed by atoms with Crippen molar-refractivity contribution in [2.24, 2.45) is 5.92 Å². The summed E-state index contributed by atoms with van der Waals surface area (Å²) in [6.45, 7) is 5.42. The van der Waals surface area contributed by atoms with Gasteiger partial charge in [-0.15, -0.1) is 11.3 Å². The van der Waals surface area contributed by atoms with Crippen LogP contribution in [0, 0.1) is 5.92 Å². The first-order valence-corrected chi connectivity index (χ1v) is 7.38. The van der Waals surface area contributed by atoms with Crippen LogP contribution < -0.4 is 10.1 Å². The number of ether oxygens (including phenoxy) is 1. The van der Waals surface area contributed by atoms with E-state index in [4.69, 9.17) is 4.74 Å². The van der Waals surface area contributed by atoms with Gasteiger partial charge in [-0.05, 0) is 49.5 Å². The lowest BCUT2D eigenvalue weighted by Crippen LogP contribution is -2.27. The van der Waals surface area contributed by atoms with E-state index >= 15 is 0 Å². The van der Waals surface area contributed by atoms with Crippen molar-refractivity contribution in [3.05, 3.63) is 29.6 Å². The van der Waals surface area contributed by atoms with Crippen LogP contribution in [0.1, 0.15) is 20.3 Å².